The zero-order valence-electron chi connectivity index (χ0n) is 12.5. The van der Waals surface area contributed by atoms with Crippen molar-refractivity contribution in [1.82, 2.24) is 10.2 Å². The Morgan fingerprint density at radius 1 is 1.15 bits per heavy atom. The predicted octanol–water partition coefficient (Wildman–Crippen LogP) is 3.58. The van der Waals surface area contributed by atoms with Crippen LogP contribution in [0.4, 0.5) is 0 Å². The summed E-state index contributed by atoms with van der Waals surface area (Å²) in [4.78, 5) is 2.54. The Kier molecular flexibility index (Phi) is 4.04. The van der Waals surface area contributed by atoms with Crippen LogP contribution in [0.15, 0.2) is 42.5 Å². The van der Waals surface area contributed by atoms with Crippen LogP contribution in [-0.4, -0.2) is 31.1 Å². The first-order valence-electron chi connectivity index (χ1n) is 7.67. The summed E-state index contributed by atoms with van der Waals surface area (Å²) in [5, 5.41) is 6.24. The van der Waals surface area contributed by atoms with Crippen LogP contribution < -0.4 is 5.32 Å². The van der Waals surface area contributed by atoms with Gasteiger partial charge in [-0.25, -0.2) is 0 Å². The van der Waals surface area contributed by atoms with Crippen molar-refractivity contribution >= 4 is 10.8 Å². The van der Waals surface area contributed by atoms with E-state index in [0.717, 1.165) is 6.54 Å². The summed E-state index contributed by atoms with van der Waals surface area (Å²) in [6, 6.07) is 16.5. The monoisotopic (exact) mass is 268 g/mol. The number of benzene rings is 2. The lowest BCUT2D eigenvalue weighted by molar-refractivity contribution is 0.157. The van der Waals surface area contributed by atoms with Crippen LogP contribution in [-0.2, 0) is 0 Å². The van der Waals surface area contributed by atoms with Crippen LogP contribution in [0.1, 0.15) is 31.4 Å². The first kappa shape index (κ1) is 13.6. The van der Waals surface area contributed by atoms with Crippen molar-refractivity contribution in [3.05, 3.63) is 48.0 Å². The number of piperidine rings is 1. The highest BCUT2D eigenvalue weighted by Gasteiger charge is 2.23. The molecule has 106 valence electrons. The van der Waals surface area contributed by atoms with Gasteiger partial charge in [-0.15, -0.1) is 0 Å². The van der Waals surface area contributed by atoms with Gasteiger partial charge in [0.15, 0.2) is 0 Å². The third kappa shape index (κ3) is 2.58. The zero-order chi connectivity index (χ0) is 13.9. The number of likely N-dealkylation sites (N-methyl/N-ethyl adjacent to an activating group) is 1. The molecular formula is C18H24N2. The Bertz CT molecular complexity index is 567. The van der Waals surface area contributed by atoms with E-state index in [4.69, 9.17) is 0 Å². The van der Waals surface area contributed by atoms with E-state index < -0.39 is 0 Å². The molecule has 0 aromatic heterocycles. The molecule has 0 spiro atoms. The Balaban J connectivity index is 1.89. The highest BCUT2D eigenvalue weighted by atomic mass is 15.2. The van der Waals surface area contributed by atoms with E-state index in [1.54, 1.807) is 0 Å². The van der Waals surface area contributed by atoms with Crippen LogP contribution in [0.5, 0.6) is 0 Å². The molecule has 0 saturated carbocycles. The maximum absolute atomic E-state index is 3.52. The molecule has 2 heteroatoms. The van der Waals surface area contributed by atoms with Gasteiger partial charge >= 0.3 is 0 Å². The van der Waals surface area contributed by atoms with Gasteiger partial charge in [-0.05, 0) is 49.7 Å². The normalized spacial score (nSPS) is 21.2. The molecule has 0 radical (unpaired) electrons. The van der Waals surface area contributed by atoms with Crippen molar-refractivity contribution in [2.75, 3.05) is 20.1 Å². The van der Waals surface area contributed by atoms with E-state index in [2.05, 4.69) is 66.7 Å². The molecule has 2 nitrogen and oxygen atoms in total. The number of rotatable bonds is 3. The quantitative estimate of drug-likeness (QED) is 0.915. The van der Waals surface area contributed by atoms with Gasteiger partial charge in [-0.1, -0.05) is 42.5 Å². The zero-order valence-corrected chi connectivity index (χ0v) is 12.5. The van der Waals surface area contributed by atoms with Crippen molar-refractivity contribution in [1.29, 1.82) is 0 Å². The van der Waals surface area contributed by atoms with Gasteiger partial charge in [-0.3, -0.25) is 4.90 Å². The molecule has 0 aliphatic carbocycles. The van der Waals surface area contributed by atoms with Gasteiger partial charge < -0.3 is 5.32 Å². The molecule has 1 aliphatic rings. The third-order valence-electron chi connectivity index (χ3n) is 4.73. The molecule has 1 saturated heterocycles. The fourth-order valence-electron chi connectivity index (χ4n) is 3.33. The summed E-state index contributed by atoms with van der Waals surface area (Å²) in [6.07, 6.45) is 2.59. The Hall–Kier alpha value is -1.38. The van der Waals surface area contributed by atoms with Gasteiger partial charge in [0.25, 0.3) is 0 Å². The molecule has 2 aromatic rings. The van der Waals surface area contributed by atoms with Crippen LogP contribution in [0.25, 0.3) is 10.8 Å². The van der Waals surface area contributed by atoms with E-state index >= 15 is 0 Å². The number of fused-ring (bicyclic) bond motifs is 1. The number of nitrogens with zero attached hydrogens (tertiary/aromatic N) is 1. The number of hydrogen-bond acceptors (Lipinski definition) is 2. The minimum Gasteiger partial charge on any atom is -0.315 e. The van der Waals surface area contributed by atoms with Gasteiger partial charge in [0.05, 0.1) is 0 Å². The lowest BCUT2D eigenvalue weighted by Gasteiger charge is -2.36. The summed E-state index contributed by atoms with van der Waals surface area (Å²) in [6.45, 7) is 4.62. The third-order valence-corrected chi connectivity index (χ3v) is 4.73. The first-order chi connectivity index (χ1) is 9.77. The first-order valence-corrected chi connectivity index (χ1v) is 7.67. The summed E-state index contributed by atoms with van der Waals surface area (Å²) < 4.78 is 0. The van der Waals surface area contributed by atoms with E-state index in [9.17, 15) is 0 Å². The van der Waals surface area contributed by atoms with Gasteiger partial charge in [-0.2, -0.15) is 0 Å². The van der Waals surface area contributed by atoms with Gasteiger partial charge in [0.2, 0.25) is 0 Å². The second kappa shape index (κ2) is 5.94. The van der Waals surface area contributed by atoms with Crippen LogP contribution in [0.2, 0.25) is 0 Å². The molecule has 1 heterocycles. The van der Waals surface area contributed by atoms with Crippen LogP contribution >= 0.6 is 0 Å². The van der Waals surface area contributed by atoms with E-state index in [0.29, 0.717) is 12.1 Å². The summed E-state index contributed by atoms with van der Waals surface area (Å²) in [5.41, 5.74) is 1.44. The Morgan fingerprint density at radius 2 is 1.95 bits per heavy atom. The SMILES string of the molecule is CC(c1cccc2ccccc12)N(C)C1CCCNC1. The second-order valence-electron chi connectivity index (χ2n) is 5.91. The average Bonchev–Trinajstić information content (AvgIpc) is 2.54. The largest absolute Gasteiger partial charge is 0.315 e. The Labute approximate surface area is 121 Å². The molecule has 0 bridgehead atoms. The van der Waals surface area contributed by atoms with Crippen molar-refractivity contribution in [2.45, 2.75) is 31.8 Å². The van der Waals surface area contributed by atoms with Gasteiger partial charge in [0.1, 0.15) is 0 Å². The van der Waals surface area contributed by atoms with Gasteiger partial charge in [0, 0.05) is 18.6 Å². The fourth-order valence-corrected chi connectivity index (χ4v) is 3.33. The smallest absolute Gasteiger partial charge is 0.0326 e. The molecule has 2 unspecified atom stereocenters. The van der Waals surface area contributed by atoms with E-state index in [1.165, 1.54) is 35.7 Å². The highest BCUT2D eigenvalue weighted by Crippen LogP contribution is 2.29. The number of hydrogen-bond donors (Lipinski definition) is 1. The fraction of sp³-hybridized carbons (Fsp3) is 0.444. The average molecular weight is 268 g/mol. The molecular weight excluding hydrogens is 244 g/mol. The molecule has 0 amide bonds. The standard InChI is InChI=1S/C18H24N2/c1-14(20(2)16-9-6-12-19-13-16)17-11-5-8-15-7-3-4-10-18(15)17/h3-5,7-8,10-11,14,16,19H,6,9,12-13H2,1-2H3. The second-order valence-corrected chi connectivity index (χ2v) is 5.91. The van der Waals surface area contributed by atoms with E-state index in [1.807, 2.05) is 0 Å². The molecule has 3 rings (SSSR count). The van der Waals surface area contributed by atoms with Crippen LogP contribution in [0, 0.1) is 0 Å². The number of nitrogens with one attached hydrogen (secondary N) is 1. The summed E-state index contributed by atoms with van der Waals surface area (Å²) >= 11 is 0. The van der Waals surface area contributed by atoms with Crippen LogP contribution in [0.3, 0.4) is 0 Å². The lowest BCUT2D eigenvalue weighted by atomic mass is 9.96. The Morgan fingerprint density at radius 3 is 2.75 bits per heavy atom. The van der Waals surface area contributed by atoms with E-state index in [-0.39, 0.29) is 0 Å². The minimum atomic E-state index is 0.450. The van der Waals surface area contributed by atoms with Crippen molar-refractivity contribution in [3.8, 4) is 0 Å². The molecule has 2 atom stereocenters. The molecule has 1 fully saturated rings. The molecule has 1 aliphatic heterocycles. The summed E-state index contributed by atoms with van der Waals surface area (Å²) in [5.74, 6) is 0. The maximum atomic E-state index is 3.52. The molecule has 20 heavy (non-hydrogen) atoms. The van der Waals surface area contributed by atoms with Crippen molar-refractivity contribution < 1.29 is 0 Å². The summed E-state index contributed by atoms with van der Waals surface area (Å²) in [7, 11) is 2.27. The lowest BCUT2D eigenvalue weighted by Crippen LogP contribution is -2.45. The van der Waals surface area contributed by atoms with Crippen molar-refractivity contribution in [3.63, 3.8) is 0 Å². The molecule has 1 N–H and O–H groups in total. The predicted molar refractivity (Wildman–Crippen MR) is 86.0 cm³/mol. The topological polar surface area (TPSA) is 15.3 Å². The highest BCUT2D eigenvalue weighted by molar-refractivity contribution is 5.86. The minimum absolute atomic E-state index is 0.450. The maximum Gasteiger partial charge on any atom is 0.0326 e. The molecule has 2 aromatic carbocycles. The van der Waals surface area contributed by atoms with Crippen molar-refractivity contribution in [2.24, 2.45) is 0 Å².